The molecule has 1 atom stereocenters. The van der Waals surface area contributed by atoms with Crippen LogP contribution < -0.4 is 0 Å². The van der Waals surface area contributed by atoms with Gasteiger partial charge in [-0.25, -0.2) is 8.78 Å². The zero-order chi connectivity index (χ0) is 25.5. The van der Waals surface area contributed by atoms with Crippen LogP contribution in [0.2, 0.25) is 0 Å². The van der Waals surface area contributed by atoms with Crippen molar-refractivity contribution in [3.63, 3.8) is 0 Å². The first-order valence-electron chi connectivity index (χ1n) is 13.3. The molecule has 2 saturated carbocycles. The molecule has 7 rings (SSSR count). The number of hydrogen-bond donors (Lipinski definition) is 1. The minimum Gasteiger partial charge on any atom is -0.380 e. The van der Waals surface area contributed by atoms with Crippen LogP contribution in [0.3, 0.4) is 0 Å². The van der Waals surface area contributed by atoms with E-state index < -0.39 is 17.0 Å². The molecule has 6 aliphatic rings. The highest BCUT2D eigenvalue weighted by Gasteiger charge is 2.58. The molecule has 1 saturated heterocycles. The summed E-state index contributed by atoms with van der Waals surface area (Å²) < 4.78 is 29.2. The minimum absolute atomic E-state index is 0.0689. The Bertz CT molecular complexity index is 1350. The molecular weight excluding hydrogens is 476 g/mol. The summed E-state index contributed by atoms with van der Waals surface area (Å²) in [5.41, 5.74) is 1.19. The molecule has 4 aliphatic carbocycles. The first kappa shape index (κ1) is 23.0. The average molecular weight is 506 g/mol. The average Bonchev–Trinajstić information content (AvgIpc) is 3.78. The number of nitrogens with zero attached hydrogens (tertiary/aromatic N) is 3. The van der Waals surface area contributed by atoms with E-state index in [9.17, 15) is 19.1 Å². The van der Waals surface area contributed by atoms with Crippen LogP contribution >= 0.6 is 0 Å². The Balaban J connectivity index is 1.10. The Kier molecular flexibility index (Phi) is 4.94. The summed E-state index contributed by atoms with van der Waals surface area (Å²) in [6.07, 6.45) is 9.81. The fourth-order valence-corrected chi connectivity index (χ4v) is 6.11. The van der Waals surface area contributed by atoms with E-state index in [4.69, 9.17) is 4.99 Å². The van der Waals surface area contributed by atoms with Crippen LogP contribution in [0.1, 0.15) is 56.1 Å². The van der Waals surface area contributed by atoms with E-state index in [0.717, 1.165) is 29.6 Å². The Morgan fingerprint density at radius 1 is 1.14 bits per heavy atom. The van der Waals surface area contributed by atoms with Gasteiger partial charge in [0.2, 0.25) is 0 Å². The van der Waals surface area contributed by atoms with Crippen molar-refractivity contribution >= 4 is 23.2 Å². The van der Waals surface area contributed by atoms with Gasteiger partial charge in [0.15, 0.2) is 0 Å². The normalized spacial score (nSPS) is 27.2. The number of amidine groups is 1. The fraction of sp³-hybridized carbons (Fsp3) is 0.483. The molecule has 192 valence electrons. The second kappa shape index (κ2) is 7.93. The second-order valence-electron chi connectivity index (χ2n) is 11.6. The number of fused-ring (bicyclic) bond motifs is 1. The molecule has 1 N–H and O–H groups in total. The maximum atomic E-state index is 15.6. The zero-order valence-electron chi connectivity index (χ0n) is 20.6. The third-order valence-electron chi connectivity index (χ3n) is 8.80. The Labute approximate surface area is 214 Å². The number of amides is 2. The lowest BCUT2D eigenvalue weighted by Crippen LogP contribution is -2.57. The van der Waals surface area contributed by atoms with E-state index in [1.807, 2.05) is 18.2 Å². The number of aliphatic hydroxyl groups is 1. The van der Waals surface area contributed by atoms with E-state index in [1.54, 1.807) is 21.9 Å². The van der Waals surface area contributed by atoms with Gasteiger partial charge in [-0.05, 0) is 85.8 Å². The maximum absolute atomic E-state index is 15.6. The van der Waals surface area contributed by atoms with Gasteiger partial charge < -0.3 is 10.0 Å². The number of halogens is 2. The van der Waals surface area contributed by atoms with Crippen molar-refractivity contribution < 1.29 is 23.5 Å². The number of aliphatic imine (C=N–C) groups is 1. The van der Waals surface area contributed by atoms with Gasteiger partial charge >= 0.3 is 0 Å². The maximum Gasteiger partial charge on any atom is 0.256 e. The highest BCUT2D eigenvalue weighted by Crippen LogP contribution is 2.47. The molecule has 0 aromatic heterocycles. The summed E-state index contributed by atoms with van der Waals surface area (Å²) in [5, 5.41) is 10.1. The van der Waals surface area contributed by atoms with Gasteiger partial charge in [-0.15, -0.1) is 0 Å². The largest absolute Gasteiger partial charge is 0.380 e. The molecule has 2 amide bonds. The van der Waals surface area contributed by atoms with Crippen molar-refractivity contribution in [2.75, 3.05) is 19.6 Å². The fourth-order valence-electron chi connectivity index (χ4n) is 6.11. The first-order valence-corrected chi connectivity index (χ1v) is 13.3. The van der Waals surface area contributed by atoms with Gasteiger partial charge in [0.05, 0.1) is 5.56 Å². The quantitative estimate of drug-likeness (QED) is 0.660. The first-order chi connectivity index (χ1) is 17.7. The monoisotopic (exact) mass is 505 g/mol. The number of hydrogen-bond acceptors (Lipinski definition) is 4. The second-order valence-corrected chi connectivity index (χ2v) is 11.6. The zero-order valence-corrected chi connectivity index (χ0v) is 20.6. The third-order valence-corrected chi connectivity index (χ3v) is 8.80. The van der Waals surface area contributed by atoms with Crippen LogP contribution in [-0.2, 0) is 9.59 Å². The number of carbonyl (C=O) groups is 2. The topological polar surface area (TPSA) is 73.2 Å². The molecular formula is C29H29F2N3O3. The predicted molar refractivity (Wildman–Crippen MR) is 133 cm³/mol. The Morgan fingerprint density at radius 2 is 1.92 bits per heavy atom. The van der Waals surface area contributed by atoms with E-state index in [0.29, 0.717) is 63.1 Å². The standard InChI is InChI=1S/C29H29F2N3O3/c30-22-5-3-19-11-18(1-2-20(19)12-22)21-4-6-23(24(31)13-21)25-32-28(7-8-28)26(35)34(25)16-17-14-33(15-17)27(36)29(37)9-10-29/h1-2,4,6,12-13,17,19,37H,3,5,7-11,14-16H2. The number of carbonyl (C=O) groups excluding carboxylic acids is 2. The predicted octanol–water partition coefficient (Wildman–Crippen LogP) is 3.91. The number of benzene rings is 1. The van der Waals surface area contributed by atoms with Gasteiger partial charge in [-0.2, -0.15) is 0 Å². The lowest BCUT2D eigenvalue weighted by atomic mass is 9.79. The molecule has 0 bridgehead atoms. The lowest BCUT2D eigenvalue weighted by Gasteiger charge is -2.42. The van der Waals surface area contributed by atoms with Gasteiger partial charge in [0, 0.05) is 25.6 Å². The van der Waals surface area contributed by atoms with Gasteiger partial charge in [-0.3, -0.25) is 19.5 Å². The summed E-state index contributed by atoms with van der Waals surface area (Å²) in [5.74, 6) is -0.108. The summed E-state index contributed by atoms with van der Waals surface area (Å²) >= 11 is 0. The van der Waals surface area contributed by atoms with E-state index in [-0.39, 0.29) is 29.5 Å². The van der Waals surface area contributed by atoms with E-state index in [2.05, 4.69) is 0 Å². The SMILES string of the molecule is O=C(N1CC(CN2C(=O)C3(CC3)N=C2c2ccc(C3=CC=C4C=C(F)CCC4C3)cc2F)C1)C1(O)CC1. The van der Waals surface area contributed by atoms with Crippen LogP contribution in [0.15, 0.2) is 52.8 Å². The molecule has 2 aliphatic heterocycles. The molecule has 1 aromatic carbocycles. The van der Waals surface area contributed by atoms with E-state index >= 15 is 4.39 Å². The summed E-state index contributed by atoms with van der Waals surface area (Å²) in [6, 6.07) is 5.11. The molecule has 6 nitrogen and oxygen atoms in total. The molecule has 0 radical (unpaired) electrons. The van der Waals surface area contributed by atoms with Gasteiger partial charge in [-0.1, -0.05) is 18.2 Å². The van der Waals surface area contributed by atoms with Crippen LogP contribution in [0.4, 0.5) is 8.78 Å². The molecule has 8 heteroatoms. The lowest BCUT2D eigenvalue weighted by molar-refractivity contribution is -0.149. The molecule has 1 aromatic rings. The summed E-state index contributed by atoms with van der Waals surface area (Å²) in [7, 11) is 0. The van der Waals surface area contributed by atoms with Crippen molar-refractivity contribution in [1.29, 1.82) is 0 Å². The summed E-state index contributed by atoms with van der Waals surface area (Å²) in [6.45, 7) is 1.35. The van der Waals surface area contributed by atoms with Crippen molar-refractivity contribution in [2.24, 2.45) is 16.8 Å². The van der Waals surface area contributed by atoms with Crippen molar-refractivity contribution in [3.05, 3.63) is 64.8 Å². The highest BCUT2D eigenvalue weighted by atomic mass is 19.1. The van der Waals surface area contributed by atoms with E-state index in [1.165, 1.54) is 6.07 Å². The summed E-state index contributed by atoms with van der Waals surface area (Å²) in [4.78, 5) is 33.6. The van der Waals surface area contributed by atoms with Crippen molar-refractivity contribution in [2.45, 2.75) is 56.1 Å². The Hall–Kier alpha value is -3.13. The third kappa shape index (κ3) is 3.79. The molecule has 1 unspecified atom stereocenters. The van der Waals surface area contributed by atoms with Crippen molar-refractivity contribution in [3.8, 4) is 0 Å². The number of rotatable bonds is 5. The minimum atomic E-state index is -1.18. The van der Waals surface area contributed by atoms with Crippen LogP contribution in [-0.4, -0.2) is 63.3 Å². The molecule has 2 heterocycles. The number of allylic oxidation sites excluding steroid dienone is 6. The molecule has 1 spiro atoms. The van der Waals surface area contributed by atoms with Crippen molar-refractivity contribution in [1.82, 2.24) is 9.80 Å². The van der Waals surface area contributed by atoms with Crippen LogP contribution in [0.5, 0.6) is 0 Å². The highest BCUT2D eigenvalue weighted by molar-refractivity contribution is 6.16. The number of likely N-dealkylation sites (tertiary alicyclic amines) is 1. The van der Waals surface area contributed by atoms with Crippen LogP contribution in [0, 0.1) is 17.7 Å². The smallest absolute Gasteiger partial charge is 0.256 e. The Morgan fingerprint density at radius 3 is 2.62 bits per heavy atom. The van der Waals surface area contributed by atoms with Crippen LogP contribution in [0.25, 0.3) is 5.57 Å². The van der Waals surface area contributed by atoms with Gasteiger partial charge in [0.25, 0.3) is 11.8 Å². The molecule has 37 heavy (non-hydrogen) atoms. The molecule has 3 fully saturated rings. The van der Waals surface area contributed by atoms with Gasteiger partial charge in [0.1, 0.15) is 28.6 Å².